The predicted octanol–water partition coefficient (Wildman–Crippen LogP) is 3.19. The van der Waals surface area contributed by atoms with Crippen molar-refractivity contribution in [3.8, 4) is 5.75 Å². The number of hydrogen-bond acceptors (Lipinski definition) is 3. The first kappa shape index (κ1) is 16.0. The topological polar surface area (TPSA) is 52.5 Å². The van der Waals surface area contributed by atoms with Crippen molar-refractivity contribution in [3.63, 3.8) is 0 Å². The fraction of sp³-hybridized carbons (Fsp3) is 0.455. The van der Waals surface area contributed by atoms with E-state index in [0.717, 1.165) is 9.13 Å². The van der Waals surface area contributed by atoms with Crippen molar-refractivity contribution in [2.45, 2.75) is 32.7 Å². The van der Waals surface area contributed by atoms with E-state index in [-0.39, 0.29) is 30.1 Å². The van der Waals surface area contributed by atoms with E-state index < -0.39 is 0 Å². The van der Waals surface area contributed by atoms with Gasteiger partial charge >= 0.3 is 0 Å². The monoisotopic (exact) mass is 357 g/mol. The average molecular weight is 358 g/mol. The van der Waals surface area contributed by atoms with E-state index in [9.17, 15) is 5.11 Å². The second-order valence-corrected chi connectivity index (χ2v) is 5.71. The van der Waals surface area contributed by atoms with Gasteiger partial charge in [-0.05, 0) is 39.6 Å². The van der Waals surface area contributed by atoms with Crippen LogP contribution in [0, 0.1) is 3.57 Å². The lowest BCUT2D eigenvalue weighted by Gasteiger charge is -2.21. The lowest BCUT2D eigenvalue weighted by Crippen LogP contribution is -2.14. The van der Waals surface area contributed by atoms with Crippen LogP contribution < -0.4 is 5.48 Å². The lowest BCUT2D eigenvalue weighted by molar-refractivity contribution is 0.160. The maximum absolute atomic E-state index is 9.76. The molecule has 0 amide bonds. The molecule has 16 heavy (non-hydrogen) atoms. The van der Waals surface area contributed by atoms with Crippen molar-refractivity contribution in [2.24, 2.45) is 0 Å². The summed E-state index contributed by atoms with van der Waals surface area (Å²) in [6.07, 6.45) is 0. The number of phenolic OH excluding ortho intramolecular Hbond substituents is 1. The molecule has 0 aliphatic heterocycles. The molecule has 0 aliphatic rings. The van der Waals surface area contributed by atoms with Gasteiger partial charge in [0.25, 0.3) is 0 Å². The van der Waals surface area contributed by atoms with E-state index >= 15 is 0 Å². The smallest absolute Gasteiger partial charge is 0.133 e. The third-order valence-electron chi connectivity index (χ3n) is 2.28. The van der Waals surface area contributed by atoms with Gasteiger partial charge in [-0.2, -0.15) is 0 Å². The quantitative estimate of drug-likeness (QED) is 0.563. The molecule has 0 aromatic heterocycles. The highest BCUT2D eigenvalue weighted by atomic mass is 127. The summed E-state index contributed by atoms with van der Waals surface area (Å²) in [6, 6.07) is 3.89. The molecule has 0 unspecified atom stereocenters. The van der Waals surface area contributed by atoms with Gasteiger partial charge in [0.1, 0.15) is 5.75 Å². The summed E-state index contributed by atoms with van der Waals surface area (Å²) in [6.45, 7) is 6.61. The van der Waals surface area contributed by atoms with Crippen molar-refractivity contribution in [1.82, 2.24) is 5.48 Å². The molecule has 0 saturated heterocycles. The van der Waals surface area contributed by atoms with E-state index in [0.29, 0.717) is 5.56 Å². The Labute approximate surface area is 116 Å². The van der Waals surface area contributed by atoms with Gasteiger partial charge in [-0.15, -0.1) is 12.4 Å². The Morgan fingerprint density at radius 3 is 2.31 bits per heavy atom. The van der Waals surface area contributed by atoms with Crippen LogP contribution in [0.5, 0.6) is 5.75 Å². The van der Waals surface area contributed by atoms with Crippen LogP contribution in [0.4, 0.5) is 0 Å². The minimum absolute atomic E-state index is 0. The molecule has 1 aromatic rings. The minimum Gasteiger partial charge on any atom is -0.507 e. The second-order valence-electron chi connectivity index (χ2n) is 4.55. The van der Waals surface area contributed by atoms with E-state index in [1.54, 1.807) is 0 Å². The van der Waals surface area contributed by atoms with Crippen LogP contribution in [0.1, 0.15) is 31.9 Å². The zero-order valence-corrected chi connectivity index (χ0v) is 12.5. The molecule has 0 saturated carbocycles. The maximum Gasteiger partial charge on any atom is 0.133 e. The number of aromatic hydroxyl groups is 1. The van der Waals surface area contributed by atoms with Crippen LogP contribution in [0.25, 0.3) is 0 Å². The molecule has 3 nitrogen and oxygen atoms in total. The zero-order valence-electron chi connectivity index (χ0n) is 9.54. The number of rotatable bonds is 2. The Morgan fingerprint density at radius 1 is 1.31 bits per heavy atom. The third kappa shape index (κ3) is 3.76. The Bertz CT molecular complexity index is 364. The molecule has 0 radical (unpaired) electrons. The fourth-order valence-corrected chi connectivity index (χ4v) is 1.99. The minimum atomic E-state index is 0. The number of halogens is 2. The van der Waals surface area contributed by atoms with Gasteiger partial charge in [0.2, 0.25) is 0 Å². The number of hydrogen-bond donors (Lipinski definition) is 3. The van der Waals surface area contributed by atoms with E-state index in [1.165, 1.54) is 0 Å². The first-order valence-corrected chi connectivity index (χ1v) is 5.83. The van der Waals surface area contributed by atoms with Gasteiger partial charge in [0.05, 0.1) is 3.57 Å². The molecule has 3 N–H and O–H groups in total. The standard InChI is InChI=1S/C11H16INO2.ClH/c1-11(2,3)8-4-7(6-13-15)10(14)9(12)5-8;/h4-5,13-15H,6H2,1-3H3;1H. The van der Waals surface area contributed by atoms with E-state index in [4.69, 9.17) is 5.21 Å². The normalized spacial score (nSPS) is 11.1. The molecule has 0 spiro atoms. The number of phenols is 1. The van der Waals surface area contributed by atoms with Gasteiger partial charge in [0.15, 0.2) is 0 Å². The molecule has 1 rings (SSSR count). The van der Waals surface area contributed by atoms with Crippen LogP contribution in [-0.2, 0) is 12.0 Å². The van der Waals surface area contributed by atoms with Gasteiger partial charge in [-0.25, -0.2) is 5.48 Å². The van der Waals surface area contributed by atoms with Crippen molar-refractivity contribution >= 4 is 35.0 Å². The number of hydroxylamine groups is 1. The van der Waals surface area contributed by atoms with Crippen molar-refractivity contribution < 1.29 is 10.3 Å². The van der Waals surface area contributed by atoms with Gasteiger partial charge in [-0.3, -0.25) is 0 Å². The molecule has 0 heterocycles. The summed E-state index contributed by atoms with van der Waals surface area (Å²) < 4.78 is 0.810. The summed E-state index contributed by atoms with van der Waals surface area (Å²) >= 11 is 2.10. The van der Waals surface area contributed by atoms with E-state index in [2.05, 4.69) is 48.8 Å². The molecule has 92 valence electrons. The molecule has 0 atom stereocenters. The van der Waals surface area contributed by atoms with Crippen LogP contribution in [-0.4, -0.2) is 10.3 Å². The van der Waals surface area contributed by atoms with Crippen LogP contribution in [0.2, 0.25) is 0 Å². The van der Waals surface area contributed by atoms with Gasteiger partial charge in [-0.1, -0.05) is 26.8 Å². The average Bonchev–Trinajstić information content (AvgIpc) is 2.11. The first-order chi connectivity index (χ1) is 6.86. The Hall–Kier alpha value is -0.0400. The number of nitrogens with one attached hydrogen (secondary N) is 1. The third-order valence-corrected chi connectivity index (χ3v) is 3.10. The number of benzene rings is 1. The van der Waals surface area contributed by atoms with Gasteiger partial charge < -0.3 is 10.3 Å². The van der Waals surface area contributed by atoms with Crippen molar-refractivity contribution in [3.05, 3.63) is 26.8 Å². The Balaban J connectivity index is 0.00000225. The first-order valence-electron chi connectivity index (χ1n) is 4.75. The lowest BCUT2D eigenvalue weighted by atomic mass is 9.86. The molecular weight excluding hydrogens is 340 g/mol. The molecule has 0 fully saturated rings. The highest BCUT2D eigenvalue weighted by molar-refractivity contribution is 14.1. The van der Waals surface area contributed by atoms with Crippen LogP contribution in [0.3, 0.4) is 0 Å². The fourth-order valence-electron chi connectivity index (χ4n) is 1.31. The maximum atomic E-state index is 9.76. The summed E-state index contributed by atoms with van der Waals surface area (Å²) in [5, 5.41) is 18.4. The SMILES string of the molecule is CC(C)(C)c1cc(I)c(O)c(CNO)c1.Cl. The van der Waals surface area contributed by atoms with Gasteiger partial charge in [0, 0.05) is 12.1 Å². The molecule has 0 aliphatic carbocycles. The summed E-state index contributed by atoms with van der Waals surface area (Å²) in [5.74, 6) is 0.241. The Morgan fingerprint density at radius 2 is 1.88 bits per heavy atom. The summed E-state index contributed by atoms with van der Waals surface area (Å²) in [5.41, 5.74) is 3.97. The zero-order chi connectivity index (χ0) is 11.6. The van der Waals surface area contributed by atoms with E-state index in [1.807, 2.05) is 12.1 Å². The molecule has 1 aromatic carbocycles. The molecule has 5 heteroatoms. The highest BCUT2D eigenvalue weighted by Crippen LogP contribution is 2.31. The molecular formula is C11H17ClINO2. The van der Waals surface area contributed by atoms with Crippen molar-refractivity contribution in [1.29, 1.82) is 0 Å². The second kappa shape index (κ2) is 6.05. The highest BCUT2D eigenvalue weighted by Gasteiger charge is 2.17. The largest absolute Gasteiger partial charge is 0.507 e. The van der Waals surface area contributed by atoms with Crippen LogP contribution >= 0.6 is 35.0 Å². The predicted molar refractivity (Wildman–Crippen MR) is 75.4 cm³/mol. The summed E-state index contributed by atoms with van der Waals surface area (Å²) in [7, 11) is 0. The summed E-state index contributed by atoms with van der Waals surface area (Å²) in [4.78, 5) is 0. The molecule has 0 bridgehead atoms. The van der Waals surface area contributed by atoms with Crippen LogP contribution in [0.15, 0.2) is 12.1 Å². The Kier molecular flexibility index (Phi) is 6.03. The van der Waals surface area contributed by atoms with Crippen molar-refractivity contribution in [2.75, 3.05) is 0 Å².